The van der Waals surface area contributed by atoms with Crippen LogP contribution in [0.25, 0.3) is 0 Å². The number of carbonyl (C=O) groups is 2. The van der Waals surface area contributed by atoms with Crippen molar-refractivity contribution in [1.29, 1.82) is 0 Å². The summed E-state index contributed by atoms with van der Waals surface area (Å²) in [6, 6.07) is 5.19. The molecule has 0 aliphatic carbocycles. The van der Waals surface area contributed by atoms with Gasteiger partial charge in [-0.3, -0.25) is 0 Å². The van der Waals surface area contributed by atoms with Crippen LogP contribution in [0.2, 0.25) is 0 Å². The molecule has 1 atom stereocenters. The number of carboxylic acid groups (broad SMARTS) is 1. The van der Waals surface area contributed by atoms with Crippen LogP contribution < -0.4 is 10.6 Å². The summed E-state index contributed by atoms with van der Waals surface area (Å²) in [5, 5.41) is 22.3. The Labute approximate surface area is 109 Å². The van der Waals surface area contributed by atoms with Gasteiger partial charge < -0.3 is 20.8 Å². The third-order valence-electron chi connectivity index (χ3n) is 2.35. The molecule has 0 radical (unpaired) electrons. The number of hydrogen-bond acceptors (Lipinski definition) is 3. The topological polar surface area (TPSA) is 98.7 Å². The fourth-order valence-electron chi connectivity index (χ4n) is 1.29. The molecule has 0 aliphatic rings. The van der Waals surface area contributed by atoms with Gasteiger partial charge in [-0.05, 0) is 17.7 Å². The number of urea groups is 1. The monoisotopic (exact) mass is 270 g/mol. The highest BCUT2D eigenvalue weighted by Gasteiger charge is 2.12. The van der Waals surface area contributed by atoms with E-state index in [0.717, 1.165) is 5.56 Å². The van der Waals surface area contributed by atoms with Gasteiger partial charge in [-0.1, -0.05) is 12.1 Å². The molecule has 0 bridgehead atoms. The van der Waals surface area contributed by atoms with Crippen molar-refractivity contribution in [3.8, 4) is 0 Å². The van der Waals surface area contributed by atoms with Crippen molar-refractivity contribution in [2.75, 3.05) is 6.54 Å². The molecule has 0 spiro atoms. The van der Waals surface area contributed by atoms with E-state index in [1.165, 1.54) is 12.1 Å². The number of nitrogens with one attached hydrogen (secondary N) is 2. The van der Waals surface area contributed by atoms with Crippen LogP contribution in [0.3, 0.4) is 0 Å². The molecule has 6 nitrogen and oxygen atoms in total. The molecule has 0 fully saturated rings. The van der Waals surface area contributed by atoms with Crippen molar-refractivity contribution in [1.82, 2.24) is 10.6 Å². The van der Waals surface area contributed by atoms with E-state index in [4.69, 9.17) is 10.2 Å². The van der Waals surface area contributed by atoms with Crippen molar-refractivity contribution < 1.29 is 24.2 Å². The van der Waals surface area contributed by atoms with Crippen molar-refractivity contribution >= 4 is 12.0 Å². The predicted molar refractivity (Wildman–Crippen MR) is 64.9 cm³/mol. The molecular weight excluding hydrogens is 255 g/mol. The van der Waals surface area contributed by atoms with Gasteiger partial charge in [-0.25, -0.2) is 14.0 Å². The van der Waals surface area contributed by atoms with E-state index >= 15 is 0 Å². The first-order chi connectivity index (χ1) is 8.99. The first kappa shape index (κ1) is 14.9. The molecule has 1 aromatic rings. The Hall–Kier alpha value is -2.15. The molecule has 0 saturated carbocycles. The van der Waals surface area contributed by atoms with Gasteiger partial charge in [-0.15, -0.1) is 0 Å². The van der Waals surface area contributed by atoms with E-state index in [0.29, 0.717) is 0 Å². The van der Waals surface area contributed by atoms with Crippen molar-refractivity contribution in [3.63, 3.8) is 0 Å². The Morgan fingerprint density at radius 2 is 1.84 bits per heavy atom. The molecule has 7 heteroatoms. The second-order valence-electron chi connectivity index (χ2n) is 3.88. The molecule has 19 heavy (non-hydrogen) atoms. The standard InChI is InChI=1S/C12H15FN2O4/c13-9-3-1-8(2-4-9)7-15-12(19)14-6-5-10(16)11(17)18/h1-4,10,16H,5-7H2,(H,17,18)(H2,14,15,19)/t10-/m0/s1. The van der Waals surface area contributed by atoms with Crippen LogP contribution in [-0.2, 0) is 11.3 Å². The molecular formula is C12H15FN2O4. The number of amides is 2. The highest BCUT2D eigenvalue weighted by atomic mass is 19.1. The summed E-state index contributed by atoms with van der Waals surface area (Å²) >= 11 is 0. The quantitative estimate of drug-likeness (QED) is 0.603. The summed E-state index contributed by atoms with van der Waals surface area (Å²) in [5.41, 5.74) is 0.738. The van der Waals surface area contributed by atoms with E-state index < -0.39 is 18.1 Å². The number of carboxylic acids is 1. The van der Waals surface area contributed by atoms with E-state index in [1.807, 2.05) is 0 Å². The number of hydrogen-bond donors (Lipinski definition) is 4. The lowest BCUT2D eigenvalue weighted by atomic mass is 10.2. The molecule has 0 aliphatic heterocycles. The summed E-state index contributed by atoms with van der Waals surface area (Å²) in [4.78, 5) is 21.6. The Bertz CT molecular complexity index is 436. The van der Waals surface area contributed by atoms with Gasteiger partial charge in [0.05, 0.1) is 0 Å². The molecule has 0 saturated heterocycles. The molecule has 1 aromatic carbocycles. The predicted octanol–water partition coefficient (Wildman–Crippen LogP) is 0.460. The molecule has 4 N–H and O–H groups in total. The van der Waals surface area contributed by atoms with Crippen LogP contribution >= 0.6 is 0 Å². The molecule has 0 heterocycles. The maximum atomic E-state index is 12.6. The van der Waals surface area contributed by atoms with E-state index in [9.17, 15) is 14.0 Å². The number of aliphatic hydroxyl groups is 1. The number of carbonyl (C=O) groups excluding carboxylic acids is 1. The zero-order valence-corrected chi connectivity index (χ0v) is 10.1. The molecule has 1 rings (SSSR count). The maximum Gasteiger partial charge on any atom is 0.332 e. The normalized spacial score (nSPS) is 11.7. The van der Waals surface area contributed by atoms with Crippen LogP contribution in [0.4, 0.5) is 9.18 Å². The lowest BCUT2D eigenvalue weighted by Gasteiger charge is -2.09. The van der Waals surface area contributed by atoms with Crippen LogP contribution in [0, 0.1) is 5.82 Å². The lowest BCUT2D eigenvalue weighted by molar-refractivity contribution is -0.146. The average molecular weight is 270 g/mol. The van der Waals surface area contributed by atoms with Gasteiger partial charge >= 0.3 is 12.0 Å². The van der Waals surface area contributed by atoms with Crippen LogP contribution in [0.5, 0.6) is 0 Å². The van der Waals surface area contributed by atoms with Gasteiger partial charge in [0.1, 0.15) is 5.82 Å². The number of aliphatic hydroxyl groups excluding tert-OH is 1. The van der Waals surface area contributed by atoms with Crippen LogP contribution in [0.15, 0.2) is 24.3 Å². The first-order valence-corrected chi connectivity index (χ1v) is 5.66. The van der Waals surface area contributed by atoms with Crippen molar-refractivity contribution in [2.45, 2.75) is 19.1 Å². The molecule has 0 aromatic heterocycles. The van der Waals surface area contributed by atoms with Gasteiger partial charge in [0.25, 0.3) is 0 Å². The molecule has 104 valence electrons. The Morgan fingerprint density at radius 1 is 1.21 bits per heavy atom. The number of aliphatic carboxylic acids is 1. The average Bonchev–Trinajstić information content (AvgIpc) is 2.37. The van der Waals surface area contributed by atoms with Gasteiger partial charge in [-0.2, -0.15) is 0 Å². The van der Waals surface area contributed by atoms with E-state index in [2.05, 4.69) is 10.6 Å². The number of halogens is 1. The highest BCUT2D eigenvalue weighted by Crippen LogP contribution is 2.01. The largest absolute Gasteiger partial charge is 0.479 e. The SMILES string of the molecule is O=C(NCC[C@H](O)C(=O)O)NCc1ccc(F)cc1. The van der Waals surface area contributed by atoms with Crippen molar-refractivity contribution in [3.05, 3.63) is 35.6 Å². The Morgan fingerprint density at radius 3 is 2.42 bits per heavy atom. The second kappa shape index (κ2) is 7.32. The minimum atomic E-state index is -1.49. The first-order valence-electron chi connectivity index (χ1n) is 5.66. The van der Waals surface area contributed by atoms with Crippen LogP contribution in [0.1, 0.15) is 12.0 Å². The summed E-state index contributed by atoms with van der Waals surface area (Å²) in [6.07, 6.45) is -1.56. The molecule has 2 amide bonds. The van der Waals surface area contributed by atoms with Gasteiger partial charge in [0, 0.05) is 19.5 Å². The third kappa shape index (κ3) is 5.82. The lowest BCUT2D eigenvalue weighted by Crippen LogP contribution is -2.37. The fraction of sp³-hybridized carbons (Fsp3) is 0.333. The van der Waals surface area contributed by atoms with E-state index in [1.54, 1.807) is 12.1 Å². The van der Waals surface area contributed by atoms with Crippen LogP contribution in [-0.4, -0.2) is 34.9 Å². The fourth-order valence-corrected chi connectivity index (χ4v) is 1.29. The third-order valence-corrected chi connectivity index (χ3v) is 2.35. The van der Waals surface area contributed by atoms with Gasteiger partial charge in [0.15, 0.2) is 6.10 Å². The highest BCUT2D eigenvalue weighted by molar-refractivity contribution is 5.74. The molecule has 0 unspecified atom stereocenters. The smallest absolute Gasteiger partial charge is 0.332 e. The minimum Gasteiger partial charge on any atom is -0.479 e. The minimum absolute atomic E-state index is 0.0444. The summed E-state index contributed by atoms with van der Waals surface area (Å²) in [5.74, 6) is -1.68. The Kier molecular flexibility index (Phi) is 5.74. The summed E-state index contributed by atoms with van der Waals surface area (Å²) in [7, 11) is 0. The number of rotatable bonds is 6. The van der Waals surface area contributed by atoms with E-state index in [-0.39, 0.29) is 25.3 Å². The zero-order chi connectivity index (χ0) is 14.3. The summed E-state index contributed by atoms with van der Waals surface area (Å²) in [6.45, 7) is 0.274. The number of benzene rings is 1. The maximum absolute atomic E-state index is 12.6. The second-order valence-corrected chi connectivity index (χ2v) is 3.88. The van der Waals surface area contributed by atoms with Crippen molar-refractivity contribution in [2.24, 2.45) is 0 Å². The van der Waals surface area contributed by atoms with Gasteiger partial charge in [0.2, 0.25) is 0 Å². The zero-order valence-electron chi connectivity index (χ0n) is 10.1. The Balaban J connectivity index is 2.21. The summed E-state index contributed by atoms with van der Waals surface area (Å²) < 4.78 is 12.6.